The molecule has 0 spiro atoms. The molecular formula is C9H16O7. The molecule has 0 saturated carbocycles. The summed E-state index contributed by atoms with van der Waals surface area (Å²) in [5, 5.41) is 44.5. The molecule has 0 aliphatic rings. The van der Waals surface area contributed by atoms with Gasteiger partial charge >= 0.3 is 0 Å². The maximum absolute atomic E-state index is 11.2. The Balaban J connectivity index is 4.43. The Bertz CT molecular complexity index is 250. The molecule has 5 N–H and O–H groups in total. The lowest BCUT2D eigenvalue weighted by Gasteiger charge is -2.16. The minimum atomic E-state index is -2.07. The van der Waals surface area contributed by atoms with E-state index in [0.29, 0.717) is 0 Å². The molecule has 7 nitrogen and oxygen atoms in total. The standard InChI is InChI=1S/C9H16O7/c1-4(11)2-5(12)7(14)9(16)8(15)6(13)3-10/h4-6,8,10-13,15H,2-3H2,1H3/t4?,5?,6-,8-/m1/s1. The second-order valence-electron chi connectivity index (χ2n) is 3.52. The highest BCUT2D eigenvalue weighted by Gasteiger charge is 2.33. The molecule has 0 aliphatic carbocycles. The molecule has 0 heterocycles. The molecule has 2 unspecified atom stereocenters. The first kappa shape index (κ1) is 15.1. The number of aliphatic hydroxyl groups is 5. The van der Waals surface area contributed by atoms with E-state index in [1.54, 1.807) is 0 Å². The third kappa shape index (κ3) is 4.33. The fourth-order valence-electron chi connectivity index (χ4n) is 1.01. The normalized spacial score (nSPS) is 18.6. The number of aliphatic hydroxyl groups excluding tert-OH is 5. The van der Waals surface area contributed by atoms with Crippen molar-refractivity contribution in [1.82, 2.24) is 0 Å². The van der Waals surface area contributed by atoms with Gasteiger partial charge in [-0.05, 0) is 6.92 Å². The minimum Gasteiger partial charge on any atom is -0.394 e. The van der Waals surface area contributed by atoms with E-state index < -0.39 is 42.6 Å². The summed E-state index contributed by atoms with van der Waals surface area (Å²) in [5.74, 6) is -2.70. The van der Waals surface area contributed by atoms with Gasteiger partial charge in [-0.1, -0.05) is 0 Å². The lowest BCUT2D eigenvalue weighted by molar-refractivity contribution is -0.151. The molecule has 0 amide bonds. The van der Waals surface area contributed by atoms with Gasteiger partial charge in [0.25, 0.3) is 0 Å². The average Bonchev–Trinajstić information content (AvgIpc) is 2.23. The van der Waals surface area contributed by atoms with Crippen LogP contribution in [0.2, 0.25) is 0 Å². The third-order valence-electron chi connectivity index (χ3n) is 1.93. The van der Waals surface area contributed by atoms with Crippen molar-refractivity contribution in [2.45, 2.75) is 37.8 Å². The number of hydrogen-bond acceptors (Lipinski definition) is 7. The van der Waals surface area contributed by atoms with Gasteiger partial charge in [0.15, 0.2) is 0 Å². The summed E-state index contributed by atoms with van der Waals surface area (Å²) in [6.07, 6.45) is -6.89. The van der Waals surface area contributed by atoms with E-state index in [4.69, 9.17) is 20.4 Å². The van der Waals surface area contributed by atoms with Crippen LogP contribution in [-0.2, 0) is 9.59 Å². The monoisotopic (exact) mass is 236 g/mol. The van der Waals surface area contributed by atoms with Crippen LogP contribution in [0.15, 0.2) is 0 Å². The average molecular weight is 236 g/mol. The quantitative estimate of drug-likeness (QED) is 0.297. The van der Waals surface area contributed by atoms with Crippen LogP contribution in [0.4, 0.5) is 0 Å². The first-order valence-corrected chi connectivity index (χ1v) is 4.72. The van der Waals surface area contributed by atoms with E-state index in [-0.39, 0.29) is 6.42 Å². The maximum atomic E-state index is 11.2. The second-order valence-corrected chi connectivity index (χ2v) is 3.52. The van der Waals surface area contributed by atoms with Gasteiger partial charge in [-0.25, -0.2) is 0 Å². The SMILES string of the molecule is CC(O)CC(O)C(=O)C(=O)[C@H](O)[C@H](O)CO. The molecule has 0 saturated heterocycles. The van der Waals surface area contributed by atoms with Crippen molar-refractivity contribution in [3.8, 4) is 0 Å². The van der Waals surface area contributed by atoms with E-state index in [1.807, 2.05) is 0 Å². The molecule has 0 radical (unpaired) electrons. The highest BCUT2D eigenvalue weighted by molar-refractivity contribution is 6.40. The molecule has 7 heteroatoms. The Morgan fingerprint density at radius 2 is 1.56 bits per heavy atom. The zero-order chi connectivity index (χ0) is 12.9. The second kappa shape index (κ2) is 6.66. The van der Waals surface area contributed by atoms with E-state index in [2.05, 4.69) is 0 Å². The molecule has 94 valence electrons. The Hall–Kier alpha value is -0.860. The maximum Gasteiger partial charge on any atom is 0.232 e. The van der Waals surface area contributed by atoms with E-state index in [9.17, 15) is 14.7 Å². The predicted octanol–water partition coefficient (Wildman–Crippen LogP) is -3.03. The number of ketones is 2. The lowest BCUT2D eigenvalue weighted by Crippen LogP contribution is -2.44. The third-order valence-corrected chi connectivity index (χ3v) is 1.93. The molecular weight excluding hydrogens is 220 g/mol. The zero-order valence-corrected chi connectivity index (χ0v) is 8.78. The summed E-state index contributed by atoms with van der Waals surface area (Å²) < 4.78 is 0. The smallest absolute Gasteiger partial charge is 0.232 e. The van der Waals surface area contributed by atoms with Gasteiger partial charge in [-0.3, -0.25) is 9.59 Å². The predicted molar refractivity (Wildman–Crippen MR) is 51.4 cm³/mol. The molecule has 0 rings (SSSR count). The van der Waals surface area contributed by atoms with Crippen molar-refractivity contribution in [1.29, 1.82) is 0 Å². The van der Waals surface area contributed by atoms with Gasteiger partial charge in [-0.15, -0.1) is 0 Å². The Morgan fingerprint density at radius 1 is 1.06 bits per heavy atom. The topological polar surface area (TPSA) is 135 Å². The van der Waals surface area contributed by atoms with Crippen molar-refractivity contribution < 1.29 is 35.1 Å². The van der Waals surface area contributed by atoms with Gasteiger partial charge in [-0.2, -0.15) is 0 Å². The van der Waals surface area contributed by atoms with Crippen molar-refractivity contribution >= 4 is 11.6 Å². The number of hydrogen-bond donors (Lipinski definition) is 5. The van der Waals surface area contributed by atoms with Crippen molar-refractivity contribution in [2.24, 2.45) is 0 Å². The molecule has 0 bridgehead atoms. The van der Waals surface area contributed by atoms with Crippen LogP contribution in [0.3, 0.4) is 0 Å². The molecule has 0 aromatic carbocycles. The molecule has 0 aromatic rings. The fourth-order valence-corrected chi connectivity index (χ4v) is 1.01. The van der Waals surface area contributed by atoms with Gasteiger partial charge in [0.05, 0.1) is 12.7 Å². The summed E-state index contributed by atoms with van der Waals surface area (Å²) in [7, 11) is 0. The summed E-state index contributed by atoms with van der Waals surface area (Å²) in [6.45, 7) is 0.437. The van der Waals surface area contributed by atoms with Crippen molar-refractivity contribution in [3.63, 3.8) is 0 Å². The molecule has 0 aliphatic heterocycles. The van der Waals surface area contributed by atoms with Crippen LogP contribution in [0.25, 0.3) is 0 Å². The number of carbonyl (C=O) groups excluding carboxylic acids is 2. The zero-order valence-electron chi connectivity index (χ0n) is 8.78. The minimum absolute atomic E-state index is 0.341. The van der Waals surface area contributed by atoms with Gasteiger partial charge in [0.2, 0.25) is 11.6 Å². The summed E-state index contributed by atoms with van der Waals surface area (Å²) in [5.41, 5.74) is 0. The largest absolute Gasteiger partial charge is 0.394 e. The van der Waals surface area contributed by atoms with E-state index in [1.165, 1.54) is 6.92 Å². The van der Waals surface area contributed by atoms with E-state index >= 15 is 0 Å². The molecule has 0 fully saturated rings. The van der Waals surface area contributed by atoms with Gasteiger partial charge < -0.3 is 25.5 Å². The summed E-state index contributed by atoms with van der Waals surface area (Å²) in [4.78, 5) is 22.3. The van der Waals surface area contributed by atoms with Gasteiger partial charge in [0, 0.05) is 6.42 Å². The van der Waals surface area contributed by atoms with E-state index in [0.717, 1.165) is 0 Å². The Kier molecular flexibility index (Phi) is 6.31. The highest BCUT2D eigenvalue weighted by atomic mass is 16.4. The van der Waals surface area contributed by atoms with Gasteiger partial charge in [0.1, 0.15) is 18.3 Å². The Labute approximate surface area is 92.0 Å². The molecule has 4 atom stereocenters. The van der Waals surface area contributed by atoms with Crippen LogP contribution in [-0.4, -0.2) is 68.1 Å². The molecule has 16 heavy (non-hydrogen) atoms. The first-order valence-electron chi connectivity index (χ1n) is 4.72. The number of Topliss-reactive ketones (excluding diaryl/α,β-unsaturated/α-hetero) is 2. The summed E-state index contributed by atoms with van der Waals surface area (Å²) in [6, 6.07) is 0. The van der Waals surface area contributed by atoms with Crippen LogP contribution >= 0.6 is 0 Å². The number of carbonyl (C=O) groups is 2. The van der Waals surface area contributed by atoms with Crippen LogP contribution in [0.5, 0.6) is 0 Å². The van der Waals surface area contributed by atoms with Crippen LogP contribution in [0.1, 0.15) is 13.3 Å². The van der Waals surface area contributed by atoms with Crippen LogP contribution in [0, 0.1) is 0 Å². The lowest BCUT2D eigenvalue weighted by atomic mass is 10.00. The highest BCUT2D eigenvalue weighted by Crippen LogP contribution is 2.03. The molecule has 0 aromatic heterocycles. The first-order chi connectivity index (χ1) is 7.31. The Morgan fingerprint density at radius 3 is 1.94 bits per heavy atom. The van der Waals surface area contributed by atoms with Crippen LogP contribution < -0.4 is 0 Å². The fraction of sp³-hybridized carbons (Fsp3) is 0.778. The van der Waals surface area contributed by atoms with Crippen molar-refractivity contribution in [3.05, 3.63) is 0 Å². The summed E-state index contributed by atoms with van der Waals surface area (Å²) >= 11 is 0. The van der Waals surface area contributed by atoms with Crippen molar-refractivity contribution in [2.75, 3.05) is 6.61 Å². The number of rotatable bonds is 7.